The number of esters is 1. The third-order valence-corrected chi connectivity index (χ3v) is 1.82. The molecular formula is C12H14O3. The largest absolute Gasteiger partial charge is 0.507 e. The maximum absolute atomic E-state index is 11.0. The van der Waals surface area contributed by atoms with Crippen molar-refractivity contribution in [1.82, 2.24) is 0 Å². The monoisotopic (exact) mass is 206 g/mol. The standard InChI is InChI=1S/C12H14O3/c1-2-15-12(14)9-5-7-10-6-3-4-8-11(10)13/h3-8,13H,2,9H2,1H3. The molecule has 0 heterocycles. The molecule has 0 aliphatic carbocycles. The molecule has 0 unspecified atom stereocenters. The molecule has 1 rings (SSSR count). The topological polar surface area (TPSA) is 46.5 Å². The minimum Gasteiger partial charge on any atom is -0.507 e. The molecule has 15 heavy (non-hydrogen) atoms. The van der Waals surface area contributed by atoms with Crippen molar-refractivity contribution in [3.8, 4) is 5.75 Å². The summed E-state index contributed by atoms with van der Waals surface area (Å²) in [7, 11) is 0. The number of aromatic hydroxyl groups is 1. The molecule has 0 aliphatic rings. The Labute approximate surface area is 89.0 Å². The lowest BCUT2D eigenvalue weighted by Crippen LogP contribution is -2.01. The molecule has 0 fully saturated rings. The van der Waals surface area contributed by atoms with Crippen molar-refractivity contribution in [3.05, 3.63) is 35.9 Å². The van der Waals surface area contributed by atoms with Crippen LogP contribution in [0.25, 0.3) is 6.08 Å². The fourth-order valence-corrected chi connectivity index (χ4v) is 1.13. The van der Waals surface area contributed by atoms with Gasteiger partial charge in [-0.25, -0.2) is 0 Å². The molecule has 0 saturated heterocycles. The zero-order valence-corrected chi connectivity index (χ0v) is 8.64. The molecule has 0 atom stereocenters. The molecule has 0 radical (unpaired) electrons. The predicted octanol–water partition coefficient (Wildman–Crippen LogP) is 2.36. The van der Waals surface area contributed by atoms with Crippen LogP contribution in [0.2, 0.25) is 0 Å². The van der Waals surface area contributed by atoms with Gasteiger partial charge < -0.3 is 9.84 Å². The zero-order valence-electron chi connectivity index (χ0n) is 8.64. The van der Waals surface area contributed by atoms with E-state index >= 15 is 0 Å². The summed E-state index contributed by atoms with van der Waals surface area (Å²) in [5.74, 6) is -0.0539. The number of phenols is 1. The minimum atomic E-state index is -0.260. The average Bonchev–Trinajstić information content (AvgIpc) is 2.21. The van der Waals surface area contributed by atoms with Gasteiger partial charge >= 0.3 is 5.97 Å². The number of hydrogen-bond acceptors (Lipinski definition) is 3. The highest BCUT2D eigenvalue weighted by atomic mass is 16.5. The highest BCUT2D eigenvalue weighted by Crippen LogP contribution is 2.17. The van der Waals surface area contributed by atoms with Gasteiger partial charge in [0.05, 0.1) is 13.0 Å². The Morgan fingerprint density at radius 3 is 2.87 bits per heavy atom. The second-order valence-corrected chi connectivity index (χ2v) is 2.97. The van der Waals surface area contributed by atoms with E-state index in [0.717, 1.165) is 0 Å². The van der Waals surface area contributed by atoms with E-state index in [1.807, 2.05) is 6.07 Å². The van der Waals surface area contributed by atoms with Gasteiger partial charge in [0.1, 0.15) is 5.75 Å². The SMILES string of the molecule is CCOC(=O)CC=Cc1ccccc1O. The van der Waals surface area contributed by atoms with E-state index < -0.39 is 0 Å². The third-order valence-electron chi connectivity index (χ3n) is 1.82. The summed E-state index contributed by atoms with van der Waals surface area (Å²) in [6.45, 7) is 2.16. The third kappa shape index (κ3) is 3.85. The Kier molecular flexibility index (Phi) is 4.41. The summed E-state index contributed by atoms with van der Waals surface area (Å²) >= 11 is 0. The van der Waals surface area contributed by atoms with Crippen molar-refractivity contribution < 1.29 is 14.6 Å². The minimum absolute atomic E-state index is 0.206. The van der Waals surface area contributed by atoms with Gasteiger partial charge in [-0.1, -0.05) is 30.4 Å². The Bertz CT molecular complexity index is 356. The summed E-state index contributed by atoms with van der Waals surface area (Å²) in [5.41, 5.74) is 0.696. The van der Waals surface area contributed by atoms with Gasteiger partial charge in [0, 0.05) is 5.56 Å². The number of carbonyl (C=O) groups excluding carboxylic acids is 1. The van der Waals surface area contributed by atoms with Crippen LogP contribution >= 0.6 is 0 Å². The van der Waals surface area contributed by atoms with Crippen LogP contribution in [0.1, 0.15) is 18.9 Å². The van der Waals surface area contributed by atoms with Gasteiger partial charge in [-0.15, -0.1) is 0 Å². The summed E-state index contributed by atoms with van der Waals surface area (Å²) in [6.07, 6.45) is 3.60. The van der Waals surface area contributed by atoms with Gasteiger partial charge in [-0.05, 0) is 13.0 Å². The highest BCUT2D eigenvalue weighted by molar-refractivity contribution is 5.73. The van der Waals surface area contributed by atoms with Crippen LogP contribution in [-0.4, -0.2) is 17.7 Å². The normalized spacial score (nSPS) is 10.5. The van der Waals surface area contributed by atoms with Crippen molar-refractivity contribution in [1.29, 1.82) is 0 Å². The Hall–Kier alpha value is -1.77. The number of carbonyl (C=O) groups is 1. The first-order valence-corrected chi connectivity index (χ1v) is 4.84. The second-order valence-electron chi connectivity index (χ2n) is 2.97. The molecule has 1 N–H and O–H groups in total. The molecule has 0 aromatic heterocycles. The predicted molar refractivity (Wildman–Crippen MR) is 58.4 cm³/mol. The fourth-order valence-electron chi connectivity index (χ4n) is 1.13. The van der Waals surface area contributed by atoms with Crippen LogP contribution < -0.4 is 0 Å². The second kappa shape index (κ2) is 5.86. The molecule has 0 saturated carbocycles. The number of ether oxygens (including phenoxy) is 1. The first-order valence-electron chi connectivity index (χ1n) is 4.84. The summed E-state index contributed by atoms with van der Waals surface area (Å²) in [4.78, 5) is 11.0. The molecule has 3 nitrogen and oxygen atoms in total. The van der Waals surface area contributed by atoms with Crippen LogP contribution in [0.4, 0.5) is 0 Å². The van der Waals surface area contributed by atoms with Crippen molar-refractivity contribution in [2.24, 2.45) is 0 Å². The average molecular weight is 206 g/mol. The highest BCUT2D eigenvalue weighted by Gasteiger charge is 1.97. The molecular weight excluding hydrogens is 192 g/mol. The summed E-state index contributed by atoms with van der Waals surface area (Å²) in [6, 6.07) is 6.95. The van der Waals surface area contributed by atoms with E-state index in [2.05, 4.69) is 0 Å². The Morgan fingerprint density at radius 1 is 1.47 bits per heavy atom. The van der Waals surface area contributed by atoms with Crippen molar-refractivity contribution in [2.45, 2.75) is 13.3 Å². The van der Waals surface area contributed by atoms with Crippen LogP contribution in [-0.2, 0) is 9.53 Å². The Balaban J connectivity index is 2.52. The zero-order chi connectivity index (χ0) is 11.1. The van der Waals surface area contributed by atoms with Gasteiger partial charge in [-0.3, -0.25) is 4.79 Å². The maximum atomic E-state index is 11.0. The van der Waals surface area contributed by atoms with Crippen LogP contribution in [0.15, 0.2) is 30.3 Å². The number of para-hydroxylation sites is 1. The van der Waals surface area contributed by atoms with Crippen molar-refractivity contribution >= 4 is 12.0 Å². The molecule has 1 aromatic carbocycles. The van der Waals surface area contributed by atoms with E-state index in [9.17, 15) is 9.90 Å². The quantitative estimate of drug-likeness (QED) is 0.769. The van der Waals surface area contributed by atoms with Gasteiger partial charge in [0.25, 0.3) is 0 Å². The molecule has 3 heteroatoms. The molecule has 1 aromatic rings. The maximum Gasteiger partial charge on any atom is 0.309 e. The number of benzene rings is 1. The lowest BCUT2D eigenvalue weighted by molar-refractivity contribution is -0.142. The van der Waals surface area contributed by atoms with Gasteiger partial charge in [0.15, 0.2) is 0 Å². The van der Waals surface area contributed by atoms with Gasteiger partial charge in [-0.2, -0.15) is 0 Å². The smallest absolute Gasteiger partial charge is 0.309 e. The van der Waals surface area contributed by atoms with E-state index in [4.69, 9.17) is 4.74 Å². The molecule has 0 amide bonds. The number of phenolic OH excluding ortho intramolecular Hbond substituents is 1. The number of rotatable bonds is 4. The van der Waals surface area contributed by atoms with E-state index in [1.165, 1.54) is 0 Å². The molecule has 0 spiro atoms. The number of hydrogen-bond donors (Lipinski definition) is 1. The van der Waals surface area contributed by atoms with E-state index in [-0.39, 0.29) is 18.1 Å². The fraction of sp³-hybridized carbons (Fsp3) is 0.250. The van der Waals surface area contributed by atoms with Crippen molar-refractivity contribution in [2.75, 3.05) is 6.61 Å². The first-order chi connectivity index (χ1) is 7.24. The summed E-state index contributed by atoms with van der Waals surface area (Å²) < 4.78 is 4.76. The lowest BCUT2D eigenvalue weighted by atomic mass is 10.2. The first kappa shape index (κ1) is 11.3. The van der Waals surface area contributed by atoms with Gasteiger partial charge in [0.2, 0.25) is 0 Å². The molecule has 0 bridgehead atoms. The molecule has 0 aliphatic heterocycles. The molecule has 80 valence electrons. The lowest BCUT2D eigenvalue weighted by Gasteiger charge is -1.98. The summed E-state index contributed by atoms with van der Waals surface area (Å²) in [5, 5.41) is 9.41. The van der Waals surface area contributed by atoms with E-state index in [1.54, 1.807) is 37.3 Å². The van der Waals surface area contributed by atoms with Crippen LogP contribution in [0, 0.1) is 0 Å². The van der Waals surface area contributed by atoms with Crippen molar-refractivity contribution in [3.63, 3.8) is 0 Å². The van der Waals surface area contributed by atoms with Crippen LogP contribution in [0.3, 0.4) is 0 Å². The Morgan fingerprint density at radius 2 is 2.20 bits per heavy atom. The van der Waals surface area contributed by atoms with E-state index in [0.29, 0.717) is 12.2 Å². The van der Waals surface area contributed by atoms with Crippen LogP contribution in [0.5, 0.6) is 5.75 Å².